The van der Waals surface area contributed by atoms with Gasteiger partial charge in [-0.1, -0.05) is 18.2 Å². The molecule has 0 fully saturated rings. The van der Waals surface area contributed by atoms with Crippen LogP contribution in [0.5, 0.6) is 0 Å². The van der Waals surface area contributed by atoms with Crippen LogP contribution < -0.4 is 4.90 Å². The van der Waals surface area contributed by atoms with Crippen LogP contribution in [0.25, 0.3) is 0 Å². The van der Waals surface area contributed by atoms with Crippen LogP contribution >= 0.6 is 0 Å². The summed E-state index contributed by atoms with van der Waals surface area (Å²) in [6.45, 7) is 4.06. The second-order valence-corrected chi connectivity index (χ2v) is 5.03. The first-order valence-corrected chi connectivity index (χ1v) is 6.59. The Morgan fingerprint density at radius 2 is 1.85 bits per heavy atom. The van der Waals surface area contributed by atoms with Gasteiger partial charge in [0.05, 0.1) is 6.42 Å². The zero-order valence-corrected chi connectivity index (χ0v) is 12.5. The number of carbonyl (C=O) groups excluding carboxylic acids is 1. The number of carbonyl (C=O) groups is 2. The van der Waals surface area contributed by atoms with Crippen LogP contribution in [0.3, 0.4) is 0 Å². The van der Waals surface area contributed by atoms with Crippen molar-refractivity contribution in [1.82, 2.24) is 4.90 Å². The van der Waals surface area contributed by atoms with Crippen LogP contribution in [-0.4, -0.2) is 48.6 Å². The van der Waals surface area contributed by atoms with E-state index in [4.69, 9.17) is 5.11 Å². The summed E-state index contributed by atoms with van der Waals surface area (Å²) in [7, 11) is 3.40. The number of rotatable bonds is 6. The molecule has 110 valence electrons. The van der Waals surface area contributed by atoms with Gasteiger partial charge in [0.25, 0.3) is 0 Å². The molecule has 0 radical (unpaired) electrons. The zero-order chi connectivity index (χ0) is 15.3. The van der Waals surface area contributed by atoms with Crippen molar-refractivity contribution in [2.24, 2.45) is 0 Å². The van der Waals surface area contributed by atoms with Crippen molar-refractivity contribution in [2.45, 2.75) is 26.3 Å². The molecular formula is C15H22N2O3. The average Bonchev–Trinajstić information content (AvgIpc) is 2.39. The Kier molecular flexibility index (Phi) is 5.55. The maximum Gasteiger partial charge on any atom is 0.305 e. The highest BCUT2D eigenvalue weighted by molar-refractivity contribution is 5.85. The predicted molar refractivity (Wildman–Crippen MR) is 78.9 cm³/mol. The summed E-state index contributed by atoms with van der Waals surface area (Å²) in [5, 5.41) is 8.89. The Morgan fingerprint density at radius 3 is 2.35 bits per heavy atom. The number of amides is 1. The van der Waals surface area contributed by atoms with E-state index in [-0.39, 0.29) is 12.3 Å². The highest BCUT2D eigenvalue weighted by Gasteiger charge is 2.24. The van der Waals surface area contributed by atoms with Crippen molar-refractivity contribution >= 4 is 17.6 Å². The fourth-order valence-electron chi connectivity index (χ4n) is 2.13. The first-order chi connectivity index (χ1) is 9.34. The van der Waals surface area contributed by atoms with E-state index in [2.05, 4.69) is 0 Å². The molecule has 0 aromatic heterocycles. The molecule has 0 bridgehead atoms. The average molecular weight is 278 g/mol. The fraction of sp³-hybridized carbons (Fsp3) is 0.467. The molecule has 5 nitrogen and oxygen atoms in total. The molecule has 1 unspecified atom stereocenters. The van der Waals surface area contributed by atoms with Crippen LogP contribution in [0.2, 0.25) is 0 Å². The van der Waals surface area contributed by atoms with Crippen molar-refractivity contribution in [2.75, 3.05) is 25.5 Å². The molecule has 0 saturated carbocycles. The largest absolute Gasteiger partial charge is 0.481 e. The summed E-state index contributed by atoms with van der Waals surface area (Å²) in [4.78, 5) is 26.4. The minimum Gasteiger partial charge on any atom is -0.481 e. The quantitative estimate of drug-likeness (QED) is 0.861. The smallest absolute Gasteiger partial charge is 0.305 e. The number of hydrogen-bond donors (Lipinski definition) is 1. The van der Waals surface area contributed by atoms with Gasteiger partial charge in [0.1, 0.15) is 6.04 Å². The molecule has 1 atom stereocenters. The van der Waals surface area contributed by atoms with E-state index in [9.17, 15) is 9.59 Å². The van der Waals surface area contributed by atoms with Crippen LogP contribution in [-0.2, 0) is 9.59 Å². The SMILES string of the molecule is Cc1ccccc1N(CCC(=O)O)C(C)C(=O)N(C)C. The molecule has 0 aliphatic heterocycles. The maximum atomic E-state index is 12.2. The molecule has 0 aliphatic carbocycles. The molecular weight excluding hydrogens is 256 g/mol. The molecule has 1 aromatic rings. The lowest BCUT2D eigenvalue weighted by molar-refractivity contribution is -0.137. The van der Waals surface area contributed by atoms with Crippen LogP contribution in [0, 0.1) is 6.92 Å². The van der Waals surface area contributed by atoms with E-state index < -0.39 is 12.0 Å². The van der Waals surface area contributed by atoms with E-state index in [1.165, 1.54) is 4.90 Å². The third-order valence-corrected chi connectivity index (χ3v) is 3.26. The number of aliphatic carboxylic acids is 1. The standard InChI is InChI=1S/C15H22N2O3/c1-11-7-5-6-8-13(11)17(10-9-14(18)19)12(2)15(20)16(3)4/h5-8,12H,9-10H2,1-4H3,(H,18,19). The summed E-state index contributed by atoms with van der Waals surface area (Å²) in [5.74, 6) is -0.910. The van der Waals surface area contributed by atoms with Crippen molar-refractivity contribution in [3.8, 4) is 0 Å². The van der Waals surface area contributed by atoms with Crippen molar-refractivity contribution < 1.29 is 14.7 Å². The van der Waals surface area contributed by atoms with Gasteiger partial charge in [0.15, 0.2) is 0 Å². The summed E-state index contributed by atoms with van der Waals surface area (Å²) in [6, 6.07) is 7.28. The number of hydrogen-bond acceptors (Lipinski definition) is 3. The fourth-order valence-corrected chi connectivity index (χ4v) is 2.13. The van der Waals surface area contributed by atoms with Gasteiger partial charge in [0, 0.05) is 26.3 Å². The molecule has 5 heteroatoms. The van der Waals surface area contributed by atoms with Gasteiger partial charge in [-0.3, -0.25) is 9.59 Å². The molecule has 0 saturated heterocycles. The van der Waals surface area contributed by atoms with E-state index in [1.807, 2.05) is 36.1 Å². The van der Waals surface area contributed by atoms with E-state index in [1.54, 1.807) is 21.0 Å². The lowest BCUT2D eigenvalue weighted by atomic mass is 10.1. The summed E-state index contributed by atoms with van der Waals surface area (Å²) >= 11 is 0. The Bertz CT molecular complexity index is 486. The first kappa shape index (κ1) is 16.0. The van der Waals surface area contributed by atoms with Crippen LogP contribution in [0.1, 0.15) is 18.9 Å². The lowest BCUT2D eigenvalue weighted by Crippen LogP contribution is -2.46. The van der Waals surface area contributed by atoms with Gasteiger partial charge >= 0.3 is 5.97 Å². The number of likely N-dealkylation sites (N-methyl/N-ethyl adjacent to an activating group) is 1. The van der Waals surface area contributed by atoms with Crippen molar-refractivity contribution in [1.29, 1.82) is 0 Å². The maximum absolute atomic E-state index is 12.2. The Balaban J connectivity index is 3.05. The normalized spacial score (nSPS) is 11.8. The Morgan fingerprint density at radius 1 is 1.25 bits per heavy atom. The lowest BCUT2D eigenvalue weighted by Gasteiger charge is -2.32. The van der Waals surface area contributed by atoms with Crippen LogP contribution in [0.4, 0.5) is 5.69 Å². The first-order valence-electron chi connectivity index (χ1n) is 6.59. The monoisotopic (exact) mass is 278 g/mol. The van der Waals surface area contributed by atoms with Gasteiger partial charge < -0.3 is 14.9 Å². The Hall–Kier alpha value is -2.04. The number of carboxylic acid groups (broad SMARTS) is 1. The molecule has 20 heavy (non-hydrogen) atoms. The van der Waals surface area contributed by atoms with Crippen molar-refractivity contribution in [3.63, 3.8) is 0 Å². The predicted octanol–water partition coefficient (Wildman–Crippen LogP) is 1.75. The minimum atomic E-state index is -0.868. The topological polar surface area (TPSA) is 60.9 Å². The van der Waals surface area contributed by atoms with E-state index >= 15 is 0 Å². The van der Waals surface area contributed by atoms with Gasteiger partial charge in [-0.05, 0) is 25.5 Å². The van der Waals surface area contributed by atoms with Gasteiger partial charge in [-0.15, -0.1) is 0 Å². The second kappa shape index (κ2) is 6.93. The third-order valence-electron chi connectivity index (χ3n) is 3.26. The molecule has 0 aliphatic rings. The minimum absolute atomic E-state index is 0.000612. The summed E-state index contributed by atoms with van der Waals surface area (Å²) in [5.41, 5.74) is 1.92. The molecule has 0 heterocycles. The second-order valence-electron chi connectivity index (χ2n) is 5.03. The molecule has 1 amide bonds. The van der Waals surface area contributed by atoms with Gasteiger partial charge in [-0.2, -0.15) is 0 Å². The van der Waals surface area contributed by atoms with E-state index in [0.717, 1.165) is 11.3 Å². The van der Waals surface area contributed by atoms with Crippen LogP contribution in [0.15, 0.2) is 24.3 Å². The van der Waals surface area contributed by atoms with E-state index in [0.29, 0.717) is 6.54 Å². The molecule has 1 aromatic carbocycles. The number of benzene rings is 1. The number of nitrogens with zero attached hydrogens (tertiary/aromatic N) is 2. The molecule has 0 spiro atoms. The zero-order valence-electron chi connectivity index (χ0n) is 12.5. The highest BCUT2D eigenvalue weighted by Crippen LogP contribution is 2.22. The number of para-hydroxylation sites is 1. The summed E-state index contributed by atoms with van der Waals surface area (Å²) in [6.07, 6.45) is -0.000612. The Labute approximate surface area is 119 Å². The van der Waals surface area contributed by atoms with Gasteiger partial charge in [-0.25, -0.2) is 0 Å². The number of anilines is 1. The third kappa shape index (κ3) is 3.98. The summed E-state index contributed by atoms with van der Waals surface area (Å²) < 4.78 is 0. The number of aryl methyl sites for hydroxylation is 1. The highest BCUT2D eigenvalue weighted by atomic mass is 16.4. The van der Waals surface area contributed by atoms with Crippen molar-refractivity contribution in [3.05, 3.63) is 29.8 Å². The number of carboxylic acids is 1. The molecule has 1 rings (SSSR count). The van der Waals surface area contributed by atoms with Gasteiger partial charge in [0.2, 0.25) is 5.91 Å². The molecule has 1 N–H and O–H groups in total.